The molecule has 1 N–H and O–H groups in total. The summed E-state index contributed by atoms with van der Waals surface area (Å²) in [4.78, 5) is 3.97. The second kappa shape index (κ2) is 5.40. The van der Waals surface area contributed by atoms with E-state index in [1.807, 2.05) is 30.3 Å². The number of nitrogens with one attached hydrogen (secondary N) is 1. The number of pyridine rings is 1. The van der Waals surface area contributed by atoms with E-state index < -0.39 is 0 Å². The molecule has 1 saturated carbocycles. The number of halogens is 2. The van der Waals surface area contributed by atoms with Gasteiger partial charge in [-0.3, -0.25) is 0 Å². The minimum absolute atomic E-state index is 0.486. The predicted molar refractivity (Wildman–Crippen MR) is 80.1 cm³/mol. The van der Waals surface area contributed by atoms with Gasteiger partial charge in [0.05, 0.1) is 0 Å². The van der Waals surface area contributed by atoms with E-state index in [1.54, 1.807) is 6.20 Å². The van der Waals surface area contributed by atoms with Crippen LogP contribution in [0.4, 0.5) is 5.69 Å². The number of benzene rings is 1. The van der Waals surface area contributed by atoms with E-state index in [2.05, 4.69) is 16.4 Å². The van der Waals surface area contributed by atoms with Crippen molar-refractivity contribution in [1.82, 2.24) is 4.98 Å². The van der Waals surface area contributed by atoms with Crippen molar-refractivity contribution in [2.24, 2.45) is 0 Å². The lowest BCUT2D eigenvalue weighted by Gasteiger charge is -2.37. The zero-order chi connectivity index (χ0) is 13.2. The van der Waals surface area contributed by atoms with Gasteiger partial charge in [-0.2, -0.15) is 0 Å². The molecule has 1 fully saturated rings. The first-order valence-corrected chi connectivity index (χ1v) is 7.10. The maximum absolute atomic E-state index is 6.21. The summed E-state index contributed by atoms with van der Waals surface area (Å²) < 4.78 is 0. The molecule has 0 spiro atoms. The molecule has 1 heterocycles. The van der Waals surface area contributed by atoms with Crippen molar-refractivity contribution in [1.29, 1.82) is 0 Å². The van der Waals surface area contributed by atoms with Crippen LogP contribution in [-0.2, 0) is 0 Å². The lowest BCUT2D eigenvalue weighted by Crippen LogP contribution is -2.34. The third kappa shape index (κ3) is 2.85. The highest BCUT2D eigenvalue weighted by Gasteiger charge is 2.31. The number of rotatable bonds is 3. The van der Waals surface area contributed by atoms with E-state index in [-0.39, 0.29) is 0 Å². The van der Waals surface area contributed by atoms with Gasteiger partial charge in [0.1, 0.15) is 5.15 Å². The van der Waals surface area contributed by atoms with Crippen molar-refractivity contribution in [2.45, 2.75) is 24.8 Å². The molecule has 0 bridgehead atoms. The number of aromatic nitrogens is 1. The SMILES string of the molecule is Clc1cc(NC2CC(c3ccccc3Cl)C2)ccn1. The summed E-state index contributed by atoms with van der Waals surface area (Å²) in [6.45, 7) is 0. The lowest BCUT2D eigenvalue weighted by molar-refractivity contribution is 0.374. The van der Waals surface area contributed by atoms with Crippen molar-refractivity contribution < 1.29 is 0 Å². The average Bonchev–Trinajstić information content (AvgIpc) is 2.35. The normalized spacial score (nSPS) is 21.8. The summed E-state index contributed by atoms with van der Waals surface area (Å²) >= 11 is 12.1. The van der Waals surface area contributed by atoms with E-state index in [4.69, 9.17) is 23.2 Å². The molecule has 3 rings (SSSR count). The average molecular weight is 293 g/mol. The van der Waals surface area contributed by atoms with Gasteiger partial charge < -0.3 is 5.32 Å². The van der Waals surface area contributed by atoms with Gasteiger partial charge >= 0.3 is 0 Å². The topological polar surface area (TPSA) is 24.9 Å². The van der Waals surface area contributed by atoms with Crippen molar-refractivity contribution >= 4 is 28.9 Å². The van der Waals surface area contributed by atoms with E-state index in [9.17, 15) is 0 Å². The fourth-order valence-electron chi connectivity index (χ4n) is 2.52. The number of hydrogen-bond acceptors (Lipinski definition) is 2. The summed E-state index contributed by atoms with van der Waals surface area (Å²) in [5.41, 5.74) is 2.29. The quantitative estimate of drug-likeness (QED) is 0.826. The zero-order valence-electron chi connectivity index (χ0n) is 10.3. The molecule has 1 aliphatic rings. The van der Waals surface area contributed by atoms with Crippen LogP contribution in [0.2, 0.25) is 10.2 Å². The third-order valence-electron chi connectivity index (χ3n) is 3.58. The zero-order valence-corrected chi connectivity index (χ0v) is 11.8. The summed E-state index contributed by atoms with van der Waals surface area (Å²) in [5.74, 6) is 0.559. The molecule has 0 unspecified atom stereocenters. The van der Waals surface area contributed by atoms with Gasteiger partial charge in [0.15, 0.2) is 0 Å². The highest BCUT2D eigenvalue weighted by Crippen LogP contribution is 2.41. The largest absolute Gasteiger partial charge is 0.382 e. The van der Waals surface area contributed by atoms with Crippen LogP contribution in [0.25, 0.3) is 0 Å². The van der Waals surface area contributed by atoms with Gasteiger partial charge in [-0.15, -0.1) is 0 Å². The molecule has 2 aromatic rings. The van der Waals surface area contributed by atoms with Crippen LogP contribution in [0.5, 0.6) is 0 Å². The molecule has 19 heavy (non-hydrogen) atoms. The fraction of sp³-hybridized carbons (Fsp3) is 0.267. The first-order chi connectivity index (χ1) is 9.22. The second-order valence-electron chi connectivity index (χ2n) is 4.90. The second-order valence-corrected chi connectivity index (χ2v) is 5.69. The smallest absolute Gasteiger partial charge is 0.131 e. The minimum atomic E-state index is 0.486. The minimum Gasteiger partial charge on any atom is -0.382 e. The van der Waals surface area contributed by atoms with Gasteiger partial charge in [0.2, 0.25) is 0 Å². The van der Waals surface area contributed by atoms with E-state index in [1.165, 1.54) is 5.56 Å². The Morgan fingerprint density at radius 1 is 1.11 bits per heavy atom. The summed E-state index contributed by atoms with van der Waals surface area (Å²) in [7, 11) is 0. The van der Waals surface area contributed by atoms with Gasteiger partial charge in [-0.05, 0) is 42.5 Å². The molecular formula is C15H14Cl2N2. The van der Waals surface area contributed by atoms with Crippen LogP contribution in [-0.4, -0.2) is 11.0 Å². The maximum atomic E-state index is 6.21. The fourth-order valence-corrected chi connectivity index (χ4v) is 2.99. The van der Waals surface area contributed by atoms with Crippen LogP contribution in [0.15, 0.2) is 42.6 Å². The molecule has 0 amide bonds. The lowest BCUT2D eigenvalue weighted by atomic mass is 9.76. The number of anilines is 1. The van der Waals surface area contributed by atoms with Crippen LogP contribution in [0, 0.1) is 0 Å². The Balaban J connectivity index is 1.60. The van der Waals surface area contributed by atoms with E-state index in [0.29, 0.717) is 17.1 Å². The van der Waals surface area contributed by atoms with E-state index >= 15 is 0 Å². The van der Waals surface area contributed by atoms with Crippen molar-refractivity contribution in [3.8, 4) is 0 Å². The Bertz CT molecular complexity index is 580. The van der Waals surface area contributed by atoms with Gasteiger partial charge in [0, 0.05) is 22.9 Å². The molecule has 1 aromatic heterocycles. The first-order valence-electron chi connectivity index (χ1n) is 6.35. The standard InChI is InChI=1S/C15H14Cl2N2/c16-14-4-2-1-3-13(14)10-7-12(8-10)19-11-5-6-18-15(17)9-11/h1-6,9-10,12H,7-8H2,(H,18,19). The van der Waals surface area contributed by atoms with Crippen molar-refractivity contribution in [3.05, 3.63) is 58.3 Å². The number of nitrogens with zero attached hydrogens (tertiary/aromatic N) is 1. The van der Waals surface area contributed by atoms with Gasteiger partial charge in [0.25, 0.3) is 0 Å². The Kier molecular flexibility index (Phi) is 3.63. The molecule has 98 valence electrons. The first kappa shape index (κ1) is 12.8. The highest BCUT2D eigenvalue weighted by molar-refractivity contribution is 6.31. The van der Waals surface area contributed by atoms with Gasteiger partial charge in [-0.1, -0.05) is 41.4 Å². The third-order valence-corrected chi connectivity index (χ3v) is 4.13. The molecule has 0 aliphatic heterocycles. The Labute approximate surface area is 122 Å². The molecule has 2 nitrogen and oxygen atoms in total. The molecule has 0 radical (unpaired) electrons. The molecule has 0 atom stereocenters. The molecular weight excluding hydrogens is 279 g/mol. The summed E-state index contributed by atoms with van der Waals surface area (Å²) in [6, 6.07) is 12.4. The predicted octanol–water partition coefficient (Wildman–Crippen LogP) is 4.75. The molecule has 1 aliphatic carbocycles. The van der Waals surface area contributed by atoms with Crippen LogP contribution in [0.1, 0.15) is 24.3 Å². The van der Waals surface area contributed by atoms with Crippen LogP contribution >= 0.6 is 23.2 Å². The van der Waals surface area contributed by atoms with Crippen LogP contribution < -0.4 is 5.32 Å². The highest BCUT2D eigenvalue weighted by atomic mass is 35.5. The number of hydrogen-bond donors (Lipinski definition) is 1. The molecule has 1 aromatic carbocycles. The van der Waals surface area contributed by atoms with Crippen molar-refractivity contribution in [2.75, 3.05) is 5.32 Å². The van der Waals surface area contributed by atoms with Gasteiger partial charge in [-0.25, -0.2) is 4.98 Å². The van der Waals surface area contributed by atoms with Crippen LogP contribution in [0.3, 0.4) is 0 Å². The Morgan fingerprint density at radius 2 is 1.89 bits per heavy atom. The van der Waals surface area contributed by atoms with E-state index in [0.717, 1.165) is 23.6 Å². The van der Waals surface area contributed by atoms with Crippen molar-refractivity contribution in [3.63, 3.8) is 0 Å². The summed E-state index contributed by atoms with van der Waals surface area (Å²) in [6.07, 6.45) is 3.92. The maximum Gasteiger partial charge on any atom is 0.131 e. The molecule has 4 heteroatoms. The Hall–Kier alpha value is -1.25. The monoisotopic (exact) mass is 292 g/mol. The summed E-state index contributed by atoms with van der Waals surface area (Å²) in [5, 5.41) is 4.86. The molecule has 0 saturated heterocycles. The Morgan fingerprint density at radius 3 is 2.63 bits per heavy atom.